The van der Waals surface area contributed by atoms with E-state index < -0.39 is 0 Å². The van der Waals surface area contributed by atoms with E-state index in [9.17, 15) is 4.79 Å². The van der Waals surface area contributed by atoms with Gasteiger partial charge >= 0.3 is 0 Å². The number of hydrogen-bond donors (Lipinski definition) is 3. The fourth-order valence-electron chi connectivity index (χ4n) is 2.64. The predicted molar refractivity (Wildman–Crippen MR) is 123 cm³/mol. The van der Waals surface area contributed by atoms with Crippen LogP contribution in [0.5, 0.6) is 0 Å². The molecule has 0 aromatic heterocycles. The van der Waals surface area contributed by atoms with Gasteiger partial charge in [0.25, 0.3) is 5.91 Å². The van der Waals surface area contributed by atoms with Gasteiger partial charge in [0.05, 0.1) is 0 Å². The Balaban J connectivity index is 0.00000364. The molecule has 0 saturated heterocycles. The van der Waals surface area contributed by atoms with E-state index in [1.54, 1.807) is 7.05 Å². The van der Waals surface area contributed by atoms with Crippen LogP contribution < -0.4 is 16.0 Å². The molecule has 0 saturated carbocycles. The van der Waals surface area contributed by atoms with Crippen LogP contribution in [0.3, 0.4) is 0 Å². The average molecular weight is 480 g/mol. The molecular weight excluding hydrogens is 451 g/mol. The number of nitrogens with zero attached hydrogens (tertiary/aromatic N) is 1. The van der Waals surface area contributed by atoms with E-state index in [0.29, 0.717) is 18.7 Å². The Labute approximate surface area is 179 Å². The Morgan fingerprint density at radius 1 is 0.963 bits per heavy atom. The van der Waals surface area contributed by atoms with Crippen LogP contribution in [0, 0.1) is 0 Å². The Kier molecular flexibility index (Phi) is 11.2. The number of aliphatic imine (C=N–C) groups is 1. The van der Waals surface area contributed by atoms with Crippen molar-refractivity contribution in [2.75, 3.05) is 20.1 Å². The van der Waals surface area contributed by atoms with Crippen molar-refractivity contribution >= 4 is 35.8 Å². The summed E-state index contributed by atoms with van der Waals surface area (Å²) in [6.45, 7) is 4.01. The van der Waals surface area contributed by atoms with Crippen LogP contribution in [-0.4, -0.2) is 32.0 Å². The van der Waals surface area contributed by atoms with Crippen LogP contribution in [-0.2, 0) is 13.0 Å². The molecule has 2 rings (SSSR count). The van der Waals surface area contributed by atoms with Gasteiger partial charge in [-0.2, -0.15) is 0 Å². The third-order valence-corrected chi connectivity index (χ3v) is 3.99. The first-order chi connectivity index (χ1) is 12.7. The van der Waals surface area contributed by atoms with Crippen molar-refractivity contribution in [1.29, 1.82) is 0 Å². The number of benzene rings is 2. The Hall–Kier alpha value is -2.09. The van der Waals surface area contributed by atoms with E-state index in [1.165, 1.54) is 5.56 Å². The minimum absolute atomic E-state index is 0. The third kappa shape index (κ3) is 8.43. The Bertz CT molecular complexity index is 719. The average Bonchev–Trinajstić information content (AvgIpc) is 2.68. The highest BCUT2D eigenvalue weighted by atomic mass is 127. The summed E-state index contributed by atoms with van der Waals surface area (Å²) in [5.41, 5.74) is 3.07. The molecule has 27 heavy (non-hydrogen) atoms. The molecule has 1 amide bonds. The fourth-order valence-corrected chi connectivity index (χ4v) is 2.64. The summed E-state index contributed by atoms with van der Waals surface area (Å²) in [5.74, 6) is 0.722. The van der Waals surface area contributed by atoms with Gasteiger partial charge in [0, 0.05) is 32.2 Å². The summed E-state index contributed by atoms with van der Waals surface area (Å²) in [7, 11) is 1.76. The second-order valence-electron chi connectivity index (χ2n) is 6.00. The number of nitrogens with one attached hydrogen (secondary N) is 3. The van der Waals surface area contributed by atoms with Gasteiger partial charge in [0.15, 0.2) is 5.96 Å². The lowest BCUT2D eigenvalue weighted by molar-refractivity contribution is 0.0955. The molecule has 146 valence electrons. The van der Waals surface area contributed by atoms with E-state index in [-0.39, 0.29) is 29.9 Å². The van der Waals surface area contributed by atoms with E-state index >= 15 is 0 Å². The van der Waals surface area contributed by atoms with Gasteiger partial charge in [-0.1, -0.05) is 42.5 Å². The maximum Gasteiger partial charge on any atom is 0.251 e. The van der Waals surface area contributed by atoms with Crippen LogP contribution in [0.1, 0.15) is 34.8 Å². The zero-order chi connectivity index (χ0) is 18.6. The van der Waals surface area contributed by atoms with Gasteiger partial charge < -0.3 is 16.0 Å². The highest BCUT2D eigenvalue weighted by Crippen LogP contribution is 2.05. The van der Waals surface area contributed by atoms with Crippen LogP contribution in [0.15, 0.2) is 59.6 Å². The SMILES string of the molecule is CCNC(=O)c1cccc(CNC(=NC)NCCCc2ccccc2)c1.I. The molecule has 6 heteroatoms. The lowest BCUT2D eigenvalue weighted by Crippen LogP contribution is -2.37. The maximum absolute atomic E-state index is 11.9. The molecule has 0 aliphatic carbocycles. The zero-order valence-corrected chi connectivity index (χ0v) is 18.3. The lowest BCUT2D eigenvalue weighted by Gasteiger charge is -2.12. The predicted octanol–water partition coefficient (Wildman–Crippen LogP) is 3.35. The molecule has 5 nitrogen and oxygen atoms in total. The molecule has 0 fully saturated rings. The highest BCUT2D eigenvalue weighted by Gasteiger charge is 2.05. The lowest BCUT2D eigenvalue weighted by atomic mass is 10.1. The van der Waals surface area contributed by atoms with Crippen molar-refractivity contribution in [2.24, 2.45) is 4.99 Å². The molecule has 0 aliphatic rings. The quantitative estimate of drug-likeness (QED) is 0.235. The monoisotopic (exact) mass is 480 g/mol. The molecule has 0 aliphatic heterocycles. The van der Waals surface area contributed by atoms with E-state index in [4.69, 9.17) is 0 Å². The first-order valence-electron chi connectivity index (χ1n) is 9.08. The van der Waals surface area contributed by atoms with Gasteiger partial charge in [0.2, 0.25) is 0 Å². The molecule has 0 atom stereocenters. The summed E-state index contributed by atoms with van der Waals surface area (Å²) in [4.78, 5) is 16.2. The molecule has 2 aromatic carbocycles. The topological polar surface area (TPSA) is 65.5 Å². The smallest absolute Gasteiger partial charge is 0.251 e. The van der Waals surface area contributed by atoms with Crippen molar-refractivity contribution in [3.8, 4) is 0 Å². The number of rotatable bonds is 8. The Morgan fingerprint density at radius 2 is 1.70 bits per heavy atom. The fraction of sp³-hybridized carbons (Fsp3) is 0.333. The number of aryl methyl sites for hydroxylation is 1. The standard InChI is InChI=1S/C21H28N4O.HI/c1-3-23-20(26)19-13-7-11-18(15-19)16-25-21(22-2)24-14-8-12-17-9-5-4-6-10-17;/h4-7,9-11,13,15H,3,8,12,14,16H2,1-2H3,(H,23,26)(H2,22,24,25);1H. The van der Waals surface area contributed by atoms with Gasteiger partial charge in [-0.3, -0.25) is 9.79 Å². The second kappa shape index (κ2) is 13.1. The molecule has 0 bridgehead atoms. The van der Waals surface area contributed by atoms with Crippen LogP contribution >= 0.6 is 24.0 Å². The number of halogens is 1. The summed E-state index contributed by atoms with van der Waals surface area (Å²) < 4.78 is 0. The summed E-state index contributed by atoms with van der Waals surface area (Å²) >= 11 is 0. The molecule has 0 radical (unpaired) electrons. The number of amides is 1. The molecule has 0 heterocycles. The molecular formula is C21H29IN4O. The summed E-state index contributed by atoms with van der Waals surface area (Å²) in [6, 6.07) is 18.1. The van der Waals surface area contributed by atoms with Crippen molar-refractivity contribution < 1.29 is 4.79 Å². The normalized spacial score (nSPS) is 10.7. The van der Waals surface area contributed by atoms with Crippen molar-refractivity contribution in [1.82, 2.24) is 16.0 Å². The van der Waals surface area contributed by atoms with Gasteiger partial charge in [-0.05, 0) is 43.0 Å². The van der Waals surface area contributed by atoms with Crippen LogP contribution in [0.25, 0.3) is 0 Å². The third-order valence-electron chi connectivity index (χ3n) is 3.99. The second-order valence-corrected chi connectivity index (χ2v) is 6.00. The van der Waals surface area contributed by atoms with E-state index in [0.717, 1.165) is 30.9 Å². The van der Waals surface area contributed by atoms with Gasteiger partial charge in [0.1, 0.15) is 0 Å². The molecule has 2 aromatic rings. The zero-order valence-electron chi connectivity index (χ0n) is 16.0. The van der Waals surface area contributed by atoms with Crippen molar-refractivity contribution in [3.63, 3.8) is 0 Å². The Morgan fingerprint density at radius 3 is 2.41 bits per heavy atom. The van der Waals surface area contributed by atoms with Crippen molar-refractivity contribution in [2.45, 2.75) is 26.3 Å². The molecule has 3 N–H and O–H groups in total. The van der Waals surface area contributed by atoms with Crippen LogP contribution in [0.2, 0.25) is 0 Å². The number of carbonyl (C=O) groups excluding carboxylic acids is 1. The largest absolute Gasteiger partial charge is 0.356 e. The summed E-state index contributed by atoms with van der Waals surface area (Å²) in [6.07, 6.45) is 2.08. The van der Waals surface area contributed by atoms with Crippen LogP contribution in [0.4, 0.5) is 0 Å². The maximum atomic E-state index is 11.9. The van der Waals surface area contributed by atoms with E-state index in [1.807, 2.05) is 37.3 Å². The summed E-state index contributed by atoms with van der Waals surface area (Å²) in [5, 5.41) is 9.43. The van der Waals surface area contributed by atoms with Crippen molar-refractivity contribution in [3.05, 3.63) is 71.3 Å². The highest BCUT2D eigenvalue weighted by molar-refractivity contribution is 14.0. The molecule has 0 spiro atoms. The minimum Gasteiger partial charge on any atom is -0.356 e. The number of guanidine groups is 1. The van der Waals surface area contributed by atoms with Gasteiger partial charge in [-0.25, -0.2) is 0 Å². The van der Waals surface area contributed by atoms with E-state index in [2.05, 4.69) is 45.2 Å². The minimum atomic E-state index is -0.0437. The first-order valence-corrected chi connectivity index (χ1v) is 9.08. The molecule has 0 unspecified atom stereocenters. The number of hydrogen-bond acceptors (Lipinski definition) is 2. The number of carbonyl (C=O) groups is 1. The van der Waals surface area contributed by atoms with Gasteiger partial charge in [-0.15, -0.1) is 24.0 Å². The first kappa shape index (κ1) is 23.0.